The lowest BCUT2D eigenvalue weighted by atomic mass is 10.2. The van der Waals surface area contributed by atoms with Crippen molar-refractivity contribution in [2.45, 2.75) is 13.8 Å². The van der Waals surface area contributed by atoms with Crippen LogP contribution in [0.3, 0.4) is 0 Å². The molecule has 0 atom stereocenters. The molecule has 3 nitrogen and oxygen atoms in total. The maximum Gasteiger partial charge on any atom is 0.270 e. The number of carbonyl (C=O) groups is 1. The molecular weight excluding hydrogens is 384 g/mol. The van der Waals surface area contributed by atoms with Crippen LogP contribution in [0.5, 0.6) is 0 Å². The lowest BCUT2D eigenvalue weighted by molar-refractivity contribution is -0.113. The summed E-state index contributed by atoms with van der Waals surface area (Å²) in [4.78, 5) is 17.3. The number of nitrogens with zero attached hydrogens (tertiary/aromatic N) is 2. The summed E-state index contributed by atoms with van der Waals surface area (Å²) in [6.07, 6.45) is 1.85. The molecule has 0 aromatic heterocycles. The molecule has 1 heterocycles. The summed E-state index contributed by atoms with van der Waals surface area (Å²) in [6, 6.07) is 15.3. The minimum atomic E-state index is -0.0921. The second kappa shape index (κ2) is 8.25. The number of rotatable bonds is 5. The van der Waals surface area contributed by atoms with Crippen molar-refractivity contribution < 1.29 is 4.79 Å². The van der Waals surface area contributed by atoms with Gasteiger partial charge in [-0.2, -0.15) is 0 Å². The van der Waals surface area contributed by atoms with Gasteiger partial charge >= 0.3 is 0 Å². The number of thiocarbonyl (C=S) groups is 1. The smallest absolute Gasteiger partial charge is 0.270 e. The fourth-order valence-corrected chi connectivity index (χ4v) is 4.23. The highest BCUT2D eigenvalue weighted by molar-refractivity contribution is 8.27. The van der Waals surface area contributed by atoms with Gasteiger partial charge in [0.05, 0.1) is 10.6 Å². The molecule has 134 valence electrons. The van der Waals surface area contributed by atoms with Gasteiger partial charge in [0, 0.05) is 23.8 Å². The summed E-state index contributed by atoms with van der Waals surface area (Å²) in [5.41, 5.74) is 2.86. The van der Waals surface area contributed by atoms with Crippen LogP contribution in [0.2, 0.25) is 5.02 Å². The highest BCUT2D eigenvalue weighted by Gasteiger charge is 2.33. The van der Waals surface area contributed by atoms with Gasteiger partial charge in [0.2, 0.25) is 0 Å². The molecule has 1 aliphatic heterocycles. The third kappa shape index (κ3) is 3.95. The van der Waals surface area contributed by atoms with Gasteiger partial charge in [0.15, 0.2) is 4.32 Å². The summed E-state index contributed by atoms with van der Waals surface area (Å²) >= 11 is 12.7. The summed E-state index contributed by atoms with van der Waals surface area (Å²) in [5, 5.41) is 0.669. The van der Waals surface area contributed by atoms with Gasteiger partial charge in [-0.15, -0.1) is 0 Å². The van der Waals surface area contributed by atoms with Gasteiger partial charge in [0.1, 0.15) is 0 Å². The molecule has 0 N–H and O–H groups in total. The molecule has 1 saturated heterocycles. The van der Waals surface area contributed by atoms with Crippen molar-refractivity contribution in [3.63, 3.8) is 0 Å². The zero-order valence-corrected chi connectivity index (χ0v) is 17.0. The minimum Gasteiger partial charge on any atom is -0.372 e. The average molecular weight is 403 g/mol. The molecular formula is C20H19ClN2OS2. The van der Waals surface area contributed by atoms with Gasteiger partial charge in [0.25, 0.3) is 5.91 Å². The zero-order chi connectivity index (χ0) is 18.7. The van der Waals surface area contributed by atoms with E-state index in [2.05, 4.69) is 18.7 Å². The van der Waals surface area contributed by atoms with Crippen LogP contribution in [-0.2, 0) is 4.79 Å². The third-order valence-electron chi connectivity index (χ3n) is 4.20. The minimum absolute atomic E-state index is 0.0921. The van der Waals surface area contributed by atoms with Crippen molar-refractivity contribution in [1.82, 2.24) is 0 Å². The van der Waals surface area contributed by atoms with Gasteiger partial charge in [-0.25, -0.2) is 0 Å². The topological polar surface area (TPSA) is 23.6 Å². The Hall–Kier alpha value is -1.82. The third-order valence-corrected chi connectivity index (χ3v) is 5.75. The Morgan fingerprint density at radius 3 is 2.27 bits per heavy atom. The summed E-state index contributed by atoms with van der Waals surface area (Å²) in [5.74, 6) is -0.0921. The van der Waals surface area contributed by atoms with Crippen LogP contribution in [0.15, 0.2) is 53.4 Å². The van der Waals surface area contributed by atoms with E-state index in [4.69, 9.17) is 23.8 Å². The zero-order valence-electron chi connectivity index (χ0n) is 14.6. The van der Waals surface area contributed by atoms with Crippen LogP contribution in [0.4, 0.5) is 11.4 Å². The molecule has 1 aliphatic rings. The van der Waals surface area contributed by atoms with Crippen LogP contribution < -0.4 is 9.80 Å². The number of hydrogen-bond acceptors (Lipinski definition) is 4. The highest BCUT2D eigenvalue weighted by Crippen LogP contribution is 2.36. The van der Waals surface area contributed by atoms with Gasteiger partial charge in [-0.1, -0.05) is 47.7 Å². The van der Waals surface area contributed by atoms with E-state index in [1.54, 1.807) is 17.0 Å². The van der Waals surface area contributed by atoms with Crippen molar-refractivity contribution in [1.29, 1.82) is 0 Å². The Morgan fingerprint density at radius 2 is 1.69 bits per heavy atom. The van der Waals surface area contributed by atoms with Crippen molar-refractivity contribution >= 4 is 63.3 Å². The van der Waals surface area contributed by atoms with Crippen molar-refractivity contribution in [3.05, 3.63) is 64.0 Å². The molecule has 0 spiro atoms. The molecule has 1 amide bonds. The maximum absolute atomic E-state index is 12.8. The van der Waals surface area contributed by atoms with Gasteiger partial charge in [-0.05, 0) is 61.9 Å². The molecule has 26 heavy (non-hydrogen) atoms. The number of carbonyl (C=O) groups excluding carboxylic acids is 1. The second-order valence-electron chi connectivity index (χ2n) is 5.76. The lowest BCUT2D eigenvalue weighted by Gasteiger charge is -2.22. The van der Waals surface area contributed by atoms with Crippen LogP contribution in [-0.4, -0.2) is 23.3 Å². The first-order chi connectivity index (χ1) is 12.5. The Balaban J connectivity index is 1.84. The van der Waals surface area contributed by atoms with E-state index in [-0.39, 0.29) is 5.91 Å². The number of halogens is 1. The number of amides is 1. The van der Waals surface area contributed by atoms with Gasteiger partial charge in [-0.3, -0.25) is 9.69 Å². The Kier molecular flexibility index (Phi) is 6.01. The second-order valence-corrected chi connectivity index (χ2v) is 7.87. The average Bonchev–Trinajstić information content (AvgIpc) is 2.92. The van der Waals surface area contributed by atoms with E-state index in [0.29, 0.717) is 14.2 Å². The van der Waals surface area contributed by atoms with Crippen LogP contribution in [0.25, 0.3) is 6.08 Å². The van der Waals surface area contributed by atoms with Crippen molar-refractivity contribution in [3.8, 4) is 0 Å². The molecule has 6 heteroatoms. The summed E-state index contributed by atoms with van der Waals surface area (Å²) < 4.78 is 0.547. The van der Waals surface area contributed by atoms with Crippen LogP contribution >= 0.6 is 35.6 Å². The molecule has 0 saturated carbocycles. The summed E-state index contributed by atoms with van der Waals surface area (Å²) in [6.45, 7) is 6.14. The highest BCUT2D eigenvalue weighted by atomic mass is 35.5. The Bertz CT molecular complexity index is 843. The van der Waals surface area contributed by atoms with E-state index in [1.165, 1.54) is 11.8 Å². The predicted octanol–water partition coefficient (Wildman–Crippen LogP) is 5.59. The SMILES string of the molecule is CCN(CC)c1ccc(N2C(=O)/C(=C/c3ccc(Cl)cc3)SC2=S)cc1. The number of benzene rings is 2. The quantitative estimate of drug-likeness (QED) is 0.480. The maximum atomic E-state index is 12.8. The van der Waals surface area contributed by atoms with E-state index >= 15 is 0 Å². The predicted molar refractivity (Wildman–Crippen MR) is 117 cm³/mol. The van der Waals surface area contributed by atoms with Crippen LogP contribution in [0.1, 0.15) is 19.4 Å². The molecule has 0 aliphatic carbocycles. The fourth-order valence-electron chi connectivity index (χ4n) is 2.80. The molecule has 3 rings (SSSR count). The molecule has 0 radical (unpaired) electrons. The van der Waals surface area contributed by atoms with E-state index in [1.807, 2.05) is 42.5 Å². The first kappa shape index (κ1) is 19.0. The largest absolute Gasteiger partial charge is 0.372 e. The molecule has 0 bridgehead atoms. The first-order valence-corrected chi connectivity index (χ1v) is 10.0. The van der Waals surface area contributed by atoms with Crippen molar-refractivity contribution in [2.24, 2.45) is 0 Å². The molecule has 0 unspecified atom stereocenters. The first-order valence-electron chi connectivity index (χ1n) is 8.42. The van der Waals surface area contributed by atoms with E-state index in [0.717, 1.165) is 30.0 Å². The Morgan fingerprint density at radius 1 is 1.08 bits per heavy atom. The number of anilines is 2. The molecule has 2 aromatic rings. The number of hydrogen-bond donors (Lipinski definition) is 0. The fraction of sp³-hybridized carbons (Fsp3) is 0.200. The normalized spacial score (nSPS) is 15.8. The molecule has 2 aromatic carbocycles. The Labute approximate surface area is 168 Å². The monoisotopic (exact) mass is 402 g/mol. The van der Waals surface area contributed by atoms with Crippen molar-refractivity contribution in [2.75, 3.05) is 22.9 Å². The molecule has 1 fully saturated rings. The van der Waals surface area contributed by atoms with Gasteiger partial charge < -0.3 is 4.90 Å². The number of thioether (sulfide) groups is 1. The summed E-state index contributed by atoms with van der Waals surface area (Å²) in [7, 11) is 0. The van der Waals surface area contributed by atoms with Crippen LogP contribution in [0, 0.1) is 0 Å². The lowest BCUT2D eigenvalue weighted by Crippen LogP contribution is -2.27. The standard InChI is InChI=1S/C20H19ClN2OS2/c1-3-22(4-2)16-9-11-17(12-10-16)23-19(24)18(26-20(23)25)13-14-5-7-15(21)8-6-14/h5-13H,3-4H2,1-2H3/b18-13-. The van der Waals surface area contributed by atoms with E-state index in [9.17, 15) is 4.79 Å². The van der Waals surface area contributed by atoms with E-state index < -0.39 is 0 Å².